The molecule has 2 aliphatic rings. The lowest BCUT2D eigenvalue weighted by Crippen LogP contribution is -2.46. The van der Waals surface area contributed by atoms with Crippen LogP contribution in [0.15, 0.2) is 24.3 Å². The number of benzene rings is 1. The summed E-state index contributed by atoms with van der Waals surface area (Å²) in [5.41, 5.74) is 1.77. The van der Waals surface area contributed by atoms with E-state index in [0.29, 0.717) is 17.9 Å². The first-order valence-corrected chi connectivity index (χ1v) is 10.9. The molecule has 1 N–H and O–H groups in total. The summed E-state index contributed by atoms with van der Waals surface area (Å²) in [5.74, 6) is 1.04. The standard InChI is InChI=1S/C23H35N3O2/c1-25(2)21-11-9-19(10-12-21)23(28)24-20-14-16-26(17-15-20)22(27)13-8-18-6-4-3-5-7-18/h9-12,18,20H,3-8,13-17H2,1-2H3,(H,24,28). The van der Waals surface area contributed by atoms with Crippen LogP contribution in [0.3, 0.4) is 0 Å². The number of anilines is 1. The van der Waals surface area contributed by atoms with Crippen molar-refractivity contribution in [1.82, 2.24) is 10.2 Å². The molecular weight excluding hydrogens is 350 g/mol. The van der Waals surface area contributed by atoms with Gasteiger partial charge in [0.25, 0.3) is 5.91 Å². The number of nitrogens with one attached hydrogen (secondary N) is 1. The Morgan fingerprint density at radius 1 is 1.00 bits per heavy atom. The molecule has 1 aromatic carbocycles. The summed E-state index contributed by atoms with van der Waals surface area (Å²) in [5, 5.41) is 3.14. The molecule has 0 bridgehead atoms. The first-order chi connectivity index (χ1) is 13.5. The van der Waals surface area contributed by atoms with Crippen molar-refractivity contribution >= 4 is 17.5 Å². The largest absolute Gasteiger partial charge is 0.378 e. The van der Waals surface area contributed by atoms with Crippen molar-refractivity contribution in [3.05, 3.63) is 29.8 Å². The van der Waals surface area contributed by atoms with Crippen molar-refractivity contribution in [2.45, 2.75) is 63.8 Å². The van der Waals surface area contributed by atoms with E-state index in [0.717, 1.165) is 44.0 Å². The van der Waals surface area contributed by atoms with Gasteiger partial charge in [-0.05, 0) is 49.4 Å². The highest BCUT2D eigenvalue weighted by Gasteiger charge is 2.25. The summed E-state index contributed by atoms with van der Waals surface area (Å²) in [6, 6.07) is 7.82. The van der Waals surface area contributed by atoms with Crippen LogP contribution in [-0.2, 0) is 4.79 Å². The van der Waals surface area contributed by atoms with E-state index >= 15 is 0 Å². The Balaban J connectivity index is 1.39. The van der Waals surface area contributed by atoms with Gasteiger partial charge in [0, 0.05) is 50.9 Å². The molecule has 0 aromatic heterocycles. The molecule has 0 atom stereocenters. The minimum absolute atomic E-state index is 0.0209. The lowest BCUT2D eigenvalue weighted by Gasteiger charge is -2.33. The number of hydrogen-bond donors (Lipinski definition) is 1. The third kappa shape index (κ3) is 5.73. The predicted octanol–water partition coefficient (Wildman–Crippen LogP) is 3.83. The Morgan fingerprint density at radius 2 is 1.64 bits per heavy atom. The summed E-state index contributed by atoms with van der Waals surface area (Å²) in [6.07, 6.45) is 10.1. The van der Waals surface area contributed by atoms with Crippen LogP contribution in [-0.4, -0.2) is 49.9 Å². The summed E-state index contributed by atoms with van der Waals surface area (Å²) in [7, 11) is 3.97. The number of carbonyl (C=O) groups excluding carboxylic acids is 2. The van der Waals surface area contributed by atoms with Gasteiger partial charge in [-0.3, -0.25) is 9.59 Å². The third-order valence-corrected chi connectivity index (χ3v) is 6.32. The van der Waals surface area contributed by atoms with Crippen LogP contribution in [0.4, 0.5) is 5.69 Å². The van der Waals surface area contributed by atoms with E-state index in [-0.39, 0.29) is 11.9 Å². The maximum Gasteiger partial charge on any atom is 0.251 e. The van der Waals surface area contributed by atoms with E-state index in [1.807, 2.05) is 48.2 Å². The molecule has 2 amide bonds. The average Bonchev–Trinajstić information content (AvgIpc) is 2.73. The van der Waals surface area contributed by atoms with Crippen LogP contribution in [0.2, 0.25) is 0 Å². The quantitative estimate of drug-likeness (QED) is 0.810. The Labute approximate surface area is 169 Å². The molecule has 1 saturated heterocycles. The van der Waals surface area contributed by atoms with E-state index in [1.54, 1.807) is 0 Å². The number of hydrogen-bond acceptors (Lipinski definition) is 3. The average molecular weight is 386 g/mol. The van der Waals surface area contributed by atoms with Gasteiger partial charge >= 0.3 is 0 Å². The zero-order chi connectivity index (χ0) is 19.9. The number of rotatable bonds is 6. The van der Waals surface area contributed by atoms with Gasteiger partial charge in [-0.25, -0.2) is 0 Å². The Morgan fingerprint density at radius 3 is 2.25 bits per heavy atom. The van der Waals surface area contributed by atoms with Gasteiger partial charge in [0.15, 0.2) is 0 Å². The second-order valence-corrected chi connectivity index (χ2v) is 8.61. The molecule has 0 radical (unpaired) electrons. The highest BCUT2D eigenvalue weighted by atomic mass is 16.2. The maximum absolute atomic E-state index is 12.5. The van der Waals surface area contributed by atoms with Crippen molar-refractivity contribution < 1.29 is 9.59 Å². The van der Waals surface area contributed by atoms with E-state index in [9.17, 15) is 9.59 Å². The molecule has 1 heterocycles. The molecule has 3 rings (SSSR count). The topological polar surface area (TPSA) is 52.7 Å². The van der Waals surface area contributed by atoms with E-state index in [1.165, 1.54) is 32.1 Å². The predicted molar refractivity (Wildman–Crippen MR) is 114 cm³/mol. The van der Waals surface area contributed by atoms with Crippen LogP contribution in [0, 0.1) is 5.92 Å². The summed E-state index contributed by atoms with van der Waals surface area (Å²) < 4.78 is 0. The van der Waals surface area contributed by atoms with Gasteiger partial charge in [-0.15, -0.1) is 0 Å². The van der Waals surface area contributed by atoms with Crippen molar-refractivity contribution in [1.29, 1.82) is 0 Å². The fourth-order valence-electron chi connectivity index (χ4n) is 4.41. The van der Waals surface area contributed by atoms with E-state index < -0.39 is 0 Å². The van der Waals surface area contributed by atoms with Gasteiger partial charge in [0.05, 0.1) is 0 Å². The van der Waals surface area contributed by atoms with Crippen LogP contribution >= 0.6 is 0 Å². The number of carbonyl (C=O) groups is 2. The molecule has 5 heteroatoms. The molecule has 1 aliphatic heterocycles. The van der Waals surface area contributed by atoms with Crippen LogP contribution in [0.5, 0.6) is 0 Å². The summed E-state index contributed by atoms with van der Waals surface area (Å²) in [6.45, 7) is 1.52. The molecule has 5 nitrogen and oxygen atoms in total. The molecular formula is C23H35N3O2. The monoisotopic (exact) mass is 385 g/mol. The fraction of sp³-hybridized carbons (Fsp3) is 0.652. The highest BCUT2D eigenvalue weighted by molar-refractivity contribution is 5.94. The van der Waals surface area contributed by atoms with Crippen molar-refractivity contribution in [2.24, 2.45) is 5.92 Å². The Hall–Kier alpha value is -2.04. The fourth-order valence-corrected chi connectivity index (χ4v) is 4.41. The zero-order valence-electron chi connectivity index (χ0n) is 17.5. The SMILES string of the molecule is CN(C)c1ccc(C(=O)NC2CCN(C(=O)CCC3CCCCC3)CC2)cc1. The number of nitrogens with zero attached hydrogens (tertiary/aromatic N) is 2. The number of amides is 2. The van der Waals surface area contributed by atoms with Gasteiger partial charge in [0.2, 0.25) is 5.91 Å². The van der Waals surface area contributed by atoms with E-state index in [2.05, 4.69) is 5.32 Å². The Kier molecular flexibility index (Phi) is 7.35. The second-order valence-electron chi connectivity index (χ2n) is 8.61. The van der Waals surface area contributed by atoms with Crippen molar-refractivity contribution in [3.8, 4) is 0 Å². The lowest BCUT2D eigenvalue weighted by molar-refractivity contribution is -0.132. The maximum atomic E-state index is 12.5. The molecule has 1 saturated carbocycles. The third-order valence-electron chi connectivity index (χ3n) is 6.32. The first kappa shape index (κ1) is 20.7. The molecule has 0 spiro atoms. The molecule has 1 aromatic rings. The second kappa shape index (κ2) is 9.94. The van der Waals surface area contributed by atoms with Crippen LogP contribution in [0.1, 0.15) is 68.1 Å². The van der Waals surface area contributed by atoms with Crippen LogP contribution < -0.4 is 10.2 Å². The molecule has 2 fully saturated rings. The van der Waals surface area contributed by atoms with Gasteiger partial charge in [-0.1, -0.05) is 32.1 Å². The molecule has 0 unspecified atom stereocenters. The minimum Gasteiger partial charge on any atom is -0.378 e. The number of likely N-dealkylation sites (tertiary alicyclic amines) is 1. The number of piperidine rings is 1. The van der Waals surface area contributed by atoms with E-state index in [4.69, 9.17) is 0 Å². The highest BCUT2D eigenvalue weighted by Crippen LogP contribution is 2.27. The van der Waals surface area contributed by atoms with Crippen molar-refractivity contribution in [2.75, 3.05) is 32.1 Å². The Bertz CT molecular complexity index is 642. The minimum atomic E-state index is -0.0209. The smallest absolute Gasteiger partial charge is 0.251 e. The molecule has 154 valence electrons. The normalized spacial score (nSPS) is 18.7. The lowest BCUT2D eigenvalue weighted by atomic mass is 9.86. The van der Waals surface area contributed by atoms with Crippen molar-refractivity contribution in [3.63, 3.8) is 0 Å². The zero-order valence-corrected chi connectivity index (χ0v) is 17.5. The summed E-state index contributed by atoms with van der Waals surface area (Å²) in [4.78, 5) is 29.0. The van der Waals surface area contributed by atoms with Gasteiger partial charge in [0.1, 0.15) is 0 Å². The molecule has 28 heavy (non-hydrogen) atoms. The first-order valence-electron chi connectivity index (χ1n) is 10.9. The van der Waals surface area contributed by atoms with Gasteiger partial charge < -0.3 is 15.1 Å². The summed E-state index contributed by atoms with van der Waals surface area (Å²) >= 11 is 0. The molecule has 1 aliphatic carbocycles. The van der Waals surface area contributed by atoms with Gasteiger partial charge in [-0.2, -0.15) is 0 Å². The van der Waals surface area contributed by atoms with Crippen LogP contribution in [0.25, 0.3) is 0 Å².